The van der Waals surface area contributed by atoms with Crippen molar-refractivity contribution in [2.45, 2.75) is 38.5 Å². The summed E-state index contributed by atoms with van der Waals surface area (Å²) in [7, 11) is -1.33. The summed E-state index contributed by atoms with van der Waals surface area (Å²) < 4.78 is 27.7. The Morgan fingerprint density at radius 1 is 1.11 bits per heavy atom. The van der Waals surface area contributed by atoms with Gasteiger partial charge in [0.2, 0.25) is 0 Å². The van der Waals surface area contributed by atoms with E-state index in [1.807, 2.05) is 28.8 Å². The van der Waals surface area contributed by atoms with Gasteiger partial charge >= 0.3 is 5.63 Å². The smallest absolute Gasteiger partial charge is 0.364 e. The predicted octanol–water partition coefficient (Wildman–Crippen LogP) is 6.32. The highest BCUT2D eigenvalue weighted by Crippen LogP contribution is 2.30. The van der Waals surface area contributed by atoms with Gasteiger partial charge in [0.15, 0.2) is 5.52 Å². The molecule has 2 aromatic carbocycles. The van der Waals surface area contributed by atoms with E-state index < -0.39 is 19.7 Å². The van der Waals surface area contributed by atoms with Crippen LogP contribution in [0.4, 0.5) is 10.2 Å². The van der Waals surface area contributed by atoms with Gasteiger partial charge in [0.05, 0.1) is 5.52 Å². The number of anilines is 1. The molecule has 13 heteroatoms. The fourth-order valence-corrected chi connectivity index (χ4v) is 6.46. The number of pyridine rings is 1. The van der Waals surface area contributed by atoms with Crippen LogP contribution in [-0.2, 0) is 11.5 Å². The molecule has 4 heterocycles. The van der Waals surface area contributed by atoms with Crippen molar-refractivity contribution in [3.63, 3.8) is 0 Å². The highest BCUT2D eigenvalue weighted by atomic mass is 28.3. The molecule has 1 fully saturated rings. The summed E-state index contributed by atoms with van der Waals surface area (Å²) in [5.74, 6) is 0.920. The van der Waals surface area contributed by atoms with E-state index in [1.165, 1.54) is 12.1 Å². The van der Waals surface area contributed by atoms with Crippen molar-refractivity contribution in [1.82, 2.24) is 19.4 Å². The van der Waals surface area contributed by atoms with E-state index in [1.54, 1.807) is 18.3 Å². The standard InChI is InChI=1S/C31H35FN8O3Si/c1-44(2,3)17-16-42-20-40-28-23-6-4-5-7-26(23)43-31(41)27(28)35-30(40)25(36-37-33)19-38-12-14-39(15-13-38)29-24-18-22(32)9-8-21(24)10-11-34-29/h4-11,18,25H,12-17,19-20H2,1-3H3. The summed E-state index contributed by atoms with van der Waals surface area (Å²) >= 11 is 0. The maximum absolute atomic E-state index is 14.1. The van der Waals surface area contributed by atoms with Gasteiger partial charge in [0, 0.05) is 69.3 Å². The average molecular weight is 615 g/mol. The molecule has 11 nitrogen and oxygen atoms in total. The highest BCUT2D eigenvalue weighted by Gasteiger charge is 2.28. The summed E-state index contributed by atoms with van der Waals surface area (Å²) in [6.45, 7) is 10.7. The van der Waals surface area contributed by atoms with Crippen LogP contribution < -0.4 is 10.5 Å². The van der Waals surface area contributed by atoms with Crippen molar-refractivity contribution >= 4 is 46.7 Å². The molecule has 0 aliphatic carbocycles. The number of benzene rings is 2. The van der Waals surface area contributed by atoms with Crippen LogP contribution in [0.1, 0.15) is 11.9 Å². The van der Waals surface area contributed by atoms with Crippen LogP contribution in [0.2, 0.25) is 25.7 Å². The minimum absolute atomic E-state index is 0.165. The topological polar surface area (TPSA) is 125 Å². The third kappa shape index (κ3) is 6.17. The van der Waals surface area contributed by atoms with Gasteiger partial charge in [-0.2, -0.15) is 0 Å². The number of azide groups is 1. The van der Waals surface area contributed by atoms with Gasteiger partial charge in [0.1, 0.15) is 35.8 Å². The van der Waals surface area contributed by atoms with Crippen LogP contribution in [-0.4, -0.2) is 66.8 Å². The third-order valence-corrected chi connectivity index (χ3v) is 9.76. The van der Waals surface area contributed by atoms with Crippen molar-refractivity contribution in [3.8, 4) is 0 Å². The number of imidazole rings is 1. The number of halogens is 1. The summed E-state index contributed by atoms with van der Waals surface area (Å²) in [4.78, 5) is 29.8. The molecule has 0 spiro atoms. The van der Waals surface area contributed by atoms with E-state index in [0.29, 0.717) is 56.3 Å². The lowest BCUT2D eigenvalue weighted by atomic mass is 10.1. The number of fused-ring (bicyclic) bond motifs is 4. The molecular weight excluding hydrogens is 579 g/mol. The van der Waals surface area contributed by atoms with Crippen LogP contribution in [0.25, 0.3) is 43.2 Å². The average Bonchev–Trinajstić information content (AvgIpc) is 3.39. The Kier molecular flexibility index (Phi) is 8.37. The number of piperazine rings is 1. The molecule has 1 aliphatic rings. The lowest BCUT2D eigenvalue weighted by Gasteiger charge is -2.36. The quantitative estimate of drug-likeness (QED) is 0.0450. The molecule has 0 amide bonds. The van der Waals surface area contributed by atoms with E-state index in [9.17, 15) is 14.7 Å². The molecule has 0 bridgehead atoms. The van der Waals surface area contributed by atoms with E-state index in [-0.39, 0.29) is 18.1 Å². The molecule has 44 heavy (non-hydrogen) atoms. The van der Waals surface area contributed by atoms with Crippen molar-refractivity contribution in [2.24, 2.45) is 5.11 Å². The summed E-state index contributed by atoms with van der Waals surface area (Å²) in [6, 6.07) is 14.3. The van der Waals surface area contributed by atoms with Crippen molar-refractivity contribution in [2.75, 3.05) is 44.2 Å². The number of nitrogens with zero attached hydrogens (tertiary/aromatic N) is 8. The molecular formula is C31H35FN8O3Si. The number of para-hydroxylation sites is 1. The second-order valence-electron chi connectivity index (χ2n) is 12.3. The molecule has 3 aromatic heterocycles. The normalized spacial score (nSPS) is 15.2. The number of hydrogen-bond donors (Lipinski definition) is 0. The van der Waals surface area contributed by atoms with Gasteiger partial charge in [-0.3, -0.25) is 4.90 Å². The zero-order valence-corrected chi connectivity index (χ0v) is 26.1. The zero-order chi connectivity index (χ0) is 30.8. The van der Waals surface area contributed by atoms with Crippen molar-refractivity contribution in [3.05, 3.63) is 87.2 Å². The first-order valence-electron chi connectivity index (χ1n) is 14.8. The number of hydrogen-bond acceptors (Lipinski definition) is 8. The first-order valence-corrected chi connectivity index (χ1v) is 18.5. The molecule has 1 aliphatic heterocycles. The fourth-order valence-electron chi connectivity index (χ4n) is 5.70. The van der Waals surface area contributed by atoms with E-state index >= 15 is 0 Å². The van der Waals surface area contributed by atoms with Crippen LogP contribution in [0.5, 0.6) is 0 Å². The largest absolute Gasteiger partial charge is 0.421 e. The molecule has 228 valence electrons. The summed E-state index contributed by atoms with van der Waals surface area (Å²) in [5, 5.41) is 6.61. The molecule has 0 N–H and O–H groups in total. The van der Waals surface area contributed by atoms with Crippen molar-refractivity contribution < 1.29 is 13.5 Å². The second-order valence-corrected chi connectivity index (χ2v) is 18.0. The van der Waals surface area contributed by atoms with Gasteiger partial charge in [0.25, 0.3) is 0 Å². The van der Waals surface area contributed by atoms with Crippen LogP contribution in [0, 0.1) is 5.82 Å². The van der Waals surface area contributed by atoms with Gasteiger partial charge in [-0.25, -0.2) is 19.2 Å². The Balaban J connectivity index is 1.28. The highest BCUT2D eigenvalue weighted by molar-refractivity contribution is 6.76. The number of aromatic nitrogens is 3. The fraction of sp³-hybridized carbons (Fsp3) is 0.387. The predicted molar refractivity (Wildman–Crippen MR) is 172 cm³/mol. The first kappa shape index (κ1) is 29.8. The Hall–Kier alpha value is -4.29. The van der Waals surface area contributed by atoms with Gasteiger partial charge in [-0.15, -0.1) is 0 Å². The monoisotopic (exact) mass is 614 g/mol. The van der Waals surface area contributed by atoms with Gasteiger partial charge < -0.3 is 18.6 Å². The van der Waals surface area contributed by atoms with Gasteiger partial charge in [-0.1, -0.05) is 43.0 Å². The minimum atomic E-state index is -1.33. The molecule has 1 saturated heterocycles. The summed E-state index contributed by atoms with van der Waals surface area (Å²) in [5.41, 5.74) is 10.3. The maximum Gasteiger partial charge on any atom is 0.364 e. The number of ether oxygens (including phenoxy) is 1. The molecule has 0 saturated carbocycles. The van der Waals surface area contributed by atoms with E-state index in [2.05, 4.69) is 44.5 Å². The molecule has 1 atom stereocenters. The Morgan fingerprint density at radius 3 is 2.68 bits per heavy atom. The number of rotatable bonds is 10. The van der Waals surface area contributed by atoms with Crippen LogP contribution >= 0.6 is 0 Å². The SMILES string of the molecule is C[Si](C)(C)CCOCn1c(C(CN2CCN(c3nccc4ccc(F)cc34)CC2)N=[N+]=[N-])nc2c(=O)oc3ccccc3c21. The van der Waals surface area contributed by atoms with Crippen LogP contribution in [0.15, 0.2) is 69.1 Å². The van der Waals surface area contributed by atoms with E-state index in [4.69, 9.17) is 14.1 Å². The lowest BCUT2D eigenvalue weighted by molar-refractivity contribution is 0.0864. The molecule has 6 rings (SSSR count). The van der Waals surface area contributed by atoms with Gasteiger partial charge in [-0.05, 0) is 47.3 Å². The lowest BCUT2D eigenvalue weighted by Crippen LogP contribution is -2.47. The first-order chi connectivity index (χ1) is 21.2. The second kappa shape index (κ2) is 12.4. The van der Waals surface area contributed by atoms with E-state index in [0.717, 1.165) is 28.0 Å². The van der Waals surface area contributed by atoms with Crippen LogP contribution in [0.3, 0.4) is 0 Å². The Bertz CT molecular complexity index is 1920. The molecule has 1 unspecified atom stereocenters. The third-order valence-electron chi connectivity index (χ3n) is 8.05. The Labute approximate surface area is 254 Å². The molecule has 5 aromatic rings. The van der Waals surface area contributed by atoms with Crippen molar-refractivity contribution in [1.29, 1.82) is 0 Å². The molecule has 0 radical (unpaired) electrons. The zero-order valence-electron chi connectivity index (χ0n) is 25.1. The Morgan fingerprint density at radius 2 is 1.91 bits per heavy atom. The minimum Gasteiger partial charge on any atom is -0.421 e. The summed E-state index contributed by atoms with van der Waals surface area (Å²) in [6.07, 6.45) is 1.75. The maximum atomic E-state index is 14.1.